The Balaban J connectivity index is 2.17. The fourth-order valence-corrected chi connectivity index (χ4v) is 2.42. The zero-order chi connectivity index (χ0) is 13.0. The van der Waals surface area contributed by atoms with Gasteiger partial charge in [-0.15, -0.1) is 0 Å². The van der Waals surface area contributed by atoms with Crippen molar-refractivity contribution in [2.75, 3.05) is 6.54 Å². The van der Waals surface area contributed by atoms with Gasteiger partial charge in [-0.1, -0.05) is 12.8 Å². The third kappa shape index (κ3) is 2.67. The molecule has 0 N–H and O–H groups in total. The number of carbonyl (C=O) groups is 1. The van der Waals surface area contributed by atoms with Crippen molar-refractivity contribution in [3.05, 3.63) is 29.6 Å². The molecule has 0 aliphatic heterocycles. The van der Waals surface area contributed by atoms with Gasteiger partial charge >= 0.3 is 0 Å². The summed E-state index contributed by atoms with van der Waals surface area (Å²) in [7, 11) is 0. The van der Waals surface area contributed by atoms with E-state index in [1.807, 2.05) is 13.0 Å². The molecule has 94 valence electrons. The van der Waals surface area contributed by atoms with Crippen LogP contribution in [0.3, 0.4) is 0 Å². The number of amides is 1. The van der Waals surface area contributed by atoms with Gasteiger partial charge in [0.05, 0.1) is 11.6 Å². The second-order valence-electron chi connectivity index (χ2n) is 4.72. The Hall–Kier alpha value is -1.89. The molecule has 4 heteroatoms. The van der Waals surface area contributed by atoms with Crippen molar-refractivity contribution >= 4 is 5.91 Å². The van der Waals surface area contributed by atoms with E-state index in [4.69, 9.17) is 5.26 Å². The first kappa shape index (κ1) is 12.6. The summed E-state index contributed by atoms with van der Waals surface area (Å²) in [5, 5.41) is 8.88. The topological polar surface area (TPSA) is 57.0 Å². The highest BCUT2D eigenvalue weighted by Crippen LogP contribution is 2.24. The first-order valence-corrected chi connectivity index (χ1v) is 6.33. The largest absolute Gasteiger partial charge is 0.322 e. The fraction of sp³-hybridized carbons (Fsp3) is 0.500. The molecule has 0 aromatic carbocycles. The fourth-order valence-electron chi connectivity index (χ4n) is 2.42. The number of aryl methyl sites for hydroxylation is 1. The quantitative estimate of drug-likeness (QED) is 0.765. The molecule has 0 unspecified atom stereocenters. The van der Waals surface area contributed by atoms with Crippen LogP contribution in [0.15, 0.2) is 18.3 Å². The van der Waals surface area contributed by atoms with Crippen LogP contribution in [0.5, 0.6) is 0 Å². The number of hydrogen-bond acceptors (Lipinski definition) is 3. The third-order valence-electron chi connectivity index (χ3n) is 3.43. The van der Waals surface area contributed by atoms with Crippen LogP contribution in [0.25, 0.3) is 0 Å². The maximum Gasteiger partial charge on any atom is 0.256 e. The molecule has 1 aromatic rings. The summed E-state index contributed by atoms with van der Waals surface area (Å²) in [6, 6.07) is 5.92. The lowest BCUT2D eigenvalue weighted by atomic mass is 10.1. The molecule has 1 aliphatic rings. The number of pyridine rings is 1. The van der Waals surface area contributed by atoms with Crippen molar-refractivity contribution in [1.29, 1.82) is 5.26 Å². The number of rotatable bonds is 3. The van der Waals surface area contributed by atoms with E-state index in [0.29, 0.717) is 5.56 Å². The lowest BCUT2D eigenvalue weighted by Gasteiger charge is -2.26. The zero-order valence-electron chi connectivity index (χ0n) is 10.6. The second kappa shape index (κ2) is 5.63. The van der Waals surface area contributed by atoms with Crippen LogP contribution in [0.4, 0.5) is 0 Å². The molecule has 2 rings (SSSR count). The van der Waals surface area contributed by atoms with Gasteiger partial charge in [-0.05, 0) is 31.9 Å². The van der Waals surface area contributed by atoms with Gasteiger partial charge in [0, 0.05) is 17.9 Å². The summed E-state index contributed by atoms with van der Waals surface area (Å²) in [5.74, 6) is -0.0732. The van der Waals surface area contributed by atoms with Crippen LogP contribution in [0.2, 0.25) is 0 Å². The molecule has 0 atom stereocenters. The summed E-state index contributed by atoms with van der Waals surface area (Å²) in [5.41, 5.74) is 1.46. The number of hydrogen-bond donors (Lipinski definition) is 0. The van der Waals surface area contributed by atoms with Gasteiger partial charge in [0.15, 0.2) is 0 Å². The Kier molecular flexibility index (Phi) is 3.93. The standard InChI is InChI=1S/C14H17N3O/c1-11-6-7-12(10-16-11)14(18)17(9-8-15)13-4-2-3-5-13/h6-7,10,13H,2-5,9H2,1H3. The molecule has 0 radical (unpaired) electrons. The Morgan fingerprint density at radius 2 is 2.22 bits per heavy atom. The lowest BCUT2D eigenvalue weighted by molar-refractivity contribution is 0.0709. The maximum atomic E-state index is 12.4. The average Bonchev–Trinajstić information content (AvgIpc) is 2.90. The van der Waals surface area contributed by atoms with Crippen LogP contribution >= 0.6 is 0 Å². The van der Waals surface area contributed by atoms with Crippen molar-refractivity contribution < 1.29 is 4.79 Å². The van der Waals surface area contributed by atoms with E-state index in [1.54, 1.807) is 17.2 Å². The molecular weight excluding hydrogens is 226 g/mol. The number of nitriles is 1. The molecule has 18 heavy (non-hydrogen) atoms. The van der Waals surface area contributed by atoms with E-state index < -0.39 is 0 Å². The minimum atomic E-state index is -0.0732. The van der Waals surface area contributed by atoms with Gasteiger partial charge in [0.25, 0.3) is 5.91 Å². The number of nitrogens with zero attached hydrogens (tertiary/aromatic N) is 3. The molecular formula is C14H17N3O. The normalized spacial score (nSPS) is 15.3. The van der Waals surface area contributed by atoms with Crippen molar-refractivity contribution in [1.82, 2.24) is 9.88 Å². The second-order valence-corrected chi connectivity index (χ2v) is 4.72. The van der Waals surface area contributed by atoms with E-state index in [9.17, 15) is 4.79 Å². The van der Waals surface area contributed by atoms with E-state index in [1.165, 1.54) is 0 Å². The molecule has 1 aromatic heterocycles. The van der Waals surface area contributed by atoms with Gasteiger partial charge in [-0.25, -0.2) is 0 Å². The predicted octanol–water partition coefficient (Wildman–Crippen LogP) is 2.30. The summed E-state index contributed by atoms with van der Waals surface area (Å²) in [4.78, 5) is 18.2. The predicted molar refractivity (Wildman–Crippen MR) is 67.9 cm³/mol. The first-order chi connectivity index (χ1) is 8.72. The Bertz CT molecular complexity index is 455. The van der Waals surface area contributed by atoms with Crippen LogP contribution < -0.4 is 0 Å². The summed E-state index contributed by atoms with van der Waals surface area (Å²) >= 11 is 0. The van der Waals surface area contributed by atoms with Crippen molar-refractivity contribution in [2.45, 2.75) is 38.6 Å². The van der Waals surface area contributed by atoms with E-state index >= 15 is 0 Å². The molecule has 1 amide bonds. The monoisotopic (exact) mass is 243 g/mol. The van der Waals surface area contributed by atoms with Crippen LogP contribution in [-0.4, -0.2) is 28.4 Å². The molecule has 1 aliphatic carbocycles. The number of carbonyl (C=O) groups excluding carboxylic acids is 1. The third-order valence-corrected chi connectivity index (χ3v) is 3.43. The number of aromatic nitrogens is 1. The summed E-state index contributed by atoms with van der Waals surface area (Å²) in [6.07, 6.45) is 5.90. The van der Waals surface area contributed by atoms with Gasteiger partial charge in [0.1, 0.15) is 6.54 Å². The van der Waals surface area contributed by atoms with Gasteiger partial charge in [0.2, 0.25) is 0 Å². The molecule has 1 saturated carbocycles. The van der Waals surface area contributed by atoms with Crippen molar-refractivity contribution in [3.8, 4) is 6.07 Å². The highest BCUT2D eigenvalue weighted by molar-refractivity contribution is 5.94. The van der Waals surface area contributed by atoms with Crippen LogP contribution in [-0.2, 0) is 0 Å². The first-order valence-electron chi connectivity index (χ1n) is 6.33. The van der Waals surface area contributed by atoms with E-state index in [2.05, 4.69) is 11.1 Å². The Morgan fingerprint density at radius 1 is 1.50 bits per heavy atom. The van der Waals surface area contributed by atoms with Crippen LogP contribution in [0.1, 0.15) is 41.7 Å². The minimum absolute atomic E-state index is 0.0732. The van der Waals surface area contributed by atoms with Crippen LogP contribution in [0, 0.1) is 18.3 Å². The average molecular weight is 243 g/mol. The van der Waals surface area contributed by atoms with E-state index in [-0.39, 0.29) is 18.5 Å². The van der Waals surface area contributed by atoms with Gasteiger partial charge in [-0.3, -0.25) is 9.78 Å². The summed E-state index contributed by atoms with van der Waals surface area (Å²) in [6.45, 7) is 2.05. The van der Waals surface area contributed by atoms with Gasteiger partial charge in [-0.2, -0.15) is 5.26 Å². The SMILES string of the molecule is Cc1ccc(C(=O)N(CC#N)C2CCCC2)cn1. The lowest BCUT2D eigenvalue weighted by Crippen LogP contribution is -2.39. The molecule has 0 bridgehead atoms. The highest BCUT2D eigenvalue weighted by Gasteiger charge is 2.27. The Labute approximate surface area is 107 Å². The molecule has 1 fully saturated rings. The van der Waals surface area contributed by atoms with Crippen molar-refractivity contribution in [3.63, 3.8) is 0 Å². The maximum absolute atomic E-state index is 12.4. The zero-order valence-corrected chi connectivity index (χ0v) is 10.6. The molecule has 0 spiro atoms. The highest BCUT2D eigenvalue weighted by atomic mass is 16.2. The molecule has 4 nitrogen and oxygen atoms in total. The van der Waals surface area contributed by atoms with E-state index in [0.717, 1.165) is 31.4 Å². The van der Waals surface area contributed by atoms with Crippen molar-refractivity contribution in [2.24, 2.45) is 0 Å². The molecule has 1 heterocycles. The minimum Gasteiger partial charge on any atom is -0.322 e. The molecule has 0 saturated heterocycles. The summed E-state index contributed by atoms with van der Waals surface area (Å²) < 4.78 is 0. The van der Waals surface area contributed by atoms with Gasteiger partial charge < -0.3 is 4.90 Å². The smallest absolute Gasteiger partial charge is 0.256 e. The Morgan fingerprint density at radius 3 is 2.78 bits per heavy atom.